The van der Waals surface area contributed by atoms with Crippen molar-refractivity contribution in [2.75, 3.05) is 21.1 Å². The fourth-order valence-electron chi connectivity index (χ4n) is 1.13. The zero-order valence-electron chi connectivity index (χ0n) is 8.54. The summed E-state index contributed by atoms with van der Waals surface area (Å²) in [6.45, 7) is 1.10. The van der Waals surface area contributed by atoms with E-state index < -0.39 is 0 Å². The van der Waals surface area contributed by atoms with Gasteiger partial charge in [-0.1, -0.05) is 30.3 Å². The van der Waals surface area contributed by atoms with E-state index >= 15 is 0 Å². The maximum atomic E-state index is 2.20. The third kappa shape index (κ3) is 3.19. The molecule has 0 fully saturated rings. The minimum Gasteiger partial charge on any atom is -0.327 e. The zero-order valence-corrected chi connectivity index (χ0v) is 7.54. The van der Waals surface area contributed by atoms with Gasteiger partial charge in [-0.2, -0.15) is 0 Å². The topological polar surface area (TPSA) is 0 Å². The lowest BCUT2D eigenvalue weighted by Gasteiger charge is -2.23. The van der Waals surface area contributed by atoms with Gasteiger partial charge in [0.2, 0.25) is 0 Å². The Balaban J connectivity index is 0.00000121. The Bertz CT molecular complexity index is 213. The molecule has 61 valence electrons. The van der Waals surface area contributed by atoms with Gasteiger partial charge in [0.1, 0.15) is 6.54 Å². The maximum Gasteiger partial charge on any atom is 0.104 e. The van der Waals surface area contributed by atoms with Crippen molar-refractivity contribution in [3.63, 3.8) is 0 Å². The van der Waals surface area contributed by atoms with Gasteiger partial charge in [0.05, 0.1) is 21.1 Å². The Labute approximate surface area is 70.3 Å². The predicted octanol–water partition coefficient (Wildman–Crippen LogP) is 2.01. The summed E-state index contributed by atoms with van der Waals surface area (Å²) in [5, 5.41) is 0. The molecule has 0 aliphatic heterocycles. The van der Waals surface area contributed by atoms with E-state index in [1.807, 2.05) is 0 Å². The first-order valence-corrected chi connectivity index (χ1v) is 3.92. The molecule has 1 heteroatoms. The van der Waals surface area contributed by atoms with Gasteiger partial charge >= 0.3 is 0 Å². The lowest BCUT2D eigenvalue weighted by atomic mass is 10.2. The van der Waals surface area contributed by atoms with E-state index in [0.717, 1.165) is 11.0 Å². The summed E-state index contributed by atoms with van der Waals surface area (Å²) < 4.78 is 0.990. The smallest absolute Gasteiger partial charge is 0.104 e. The van der Waals surface area contributed by atoms with E-state index in [0.29, 0.717) is 0 Å². The van der Waals surface area contributed by atoms with Crippen LogP contribution in [0.3, 0.4) is 0 Å². The van der Waals surface area contributed by atoms with Crippen LogP contribution in [0.5, 0.6) is 0 Å². The van der Waals surface area contributed by atoms with Gasteiger partial charge in [0.25, 0.3) is 0 Å². The molecule has 0 bridgehead atoms. The van der Waals surface area contributed by atoms with Crippen molar-refractivity contribution in [1.82, 2.24) is 0 Å². The van der Waals surface area contributed by atoms with Crippen LogP contribution in [0.25, 0.3) is 0 Å². The molecule has 0 heterocycles. The molecular weight excluding hydrogens is 134 g/mol. The van der Waals surface area contributed by atoms with Crippen molar-refractivity contribution in [1.29, 1.82) is 0 Å². The molecule has 0 unspecified atom stereocenters. The highest BCUT2D eigenvalue weighted by Gasteiger charge is 2.06. The Morgan fingerprint density at radius 3 is 2.09 bits per heavy atom. The van der Waals surface area contributed by atoms with Crippen LogP contribution < -0.4 is 0 Å². The van der Waals surface area contributed by atoms with Crippen molar-refractivity contribution >= 4 is 0 Å². The SMILES string of the molecule is C[N+](C)(C)Cc1ccccc1.[H]. The van der Waals surface area contributed by atoms with Crippen molar-refractivity contribution in [2.24, 2.45) is 0 Å². The van der Waals surface area contributed by atoms with E-state index in [2.05, 4.69) is 51.5 Å². The molecule has 11 heavy (non-hydrogen) atoms. The molecule has 0 atom stereocenters. The van der Waals surface area contributed by atoms with E-state index in [1.165, 1.54) is 5.56 Å². The van der Waals surface area contributed by atoms with E-state index in [-0.39, 0.29) is 1.43 Å². The summed E-state index contributed by atoms with van der Waals surface area (Å²) in [5.41, 5.74) is 1.40. The standard InChI is InChI=1S/C10H16N.H/c1-11(2,3)9-10-7-5-4-6-8-10;/h4-8H,9H2,1-3H3;/q+1;. The van der Waals surface area contributed by atoms with Crippen molar-refractivity contribution in [3.8, 4) is 0 Å². The van der Waals surface area contributed by atoms with Crippen LogP contribution in [0.1, 0.15) is 6.99 Å². The maximum absolute atomic E-state index is 2.20. The summed E-state index contributed by atoms with van der Waals surface area (Å²) in [6.07, 6.45) is 0. The van der Waals surface area contributed by atoms with Crippen LogP contribution in [0, 0.1) is 0 Å². The Kier molecular flexibility index (Phi) is 2.30. The van der Waals surface area contributed by atoms with Crippen LogP contribution in [-0.4, -0.2) is 25.6 Å². The number of benzene rings is 1. The average molecular weight is 151 g/mol. The van der Waals surface area contributed by atoms with E-state index in [9.17, 15) is 0 Å². The minimum atomic E-state index is 0. The van der Waals surface area contributed by atoms with Crippen LogP contribution in [-0.2, 0) is 6.54 Å². The van der Waals surface area contributed by atoms with E-state index in [1.54, 1.807) is 0 Å². The third-order valence-electron chi connectivity index (χ3n) is 1.50. The van der Waals surface area contributed by atoms with Crippen molar-refractivity contribution in [3.05, 3.63) is 35.9 Å². The first-order valence-electron chi connectivity index (χ1n) is 3.92. The molecule has 0 aliphatic rings. The van der Waals surface area contributed by atoms with E-state index in [4.69, 9.17) is 0 Å². The van der Waals surface area contributed by atoms with Crippen LogP contribution >= 0.6 is 0 Å². The second kappa shape index (κ2) is 3.05. The molecule has 0 aromatic heterocycles. The van der Waals surface area contributed by atoms with Gasteiger partial charge in [0, 0.05) is 6.99 Å². The fraction of sp³-hybridized carbons (Fsp3) is 0.400. The molecule has 1 nitrogen and oxygen atoms in total. The number of rotatable bonds is 2. The van der Waals surface area contributed by atoms with Gasteiger partial charge in [0.15, 0.2) is 0 Å². The monoisotopic (exact) mass is 151 g/mol. The van der Waals surface area contributed by atoms with Crippen LogP contribution in [0.4, 0.5) is 0 Å². The van der Waals surface area contributed by atoms with Crippen LogP contribution in [0.15, 0.2) is 30.3 Å². The zero-order chi connectivity index (χ0) is 8.32. The Morgan fingerprint density at radius 2 is 1.64 bits per heavy atom. The lowest BCUT2D eigenvalue weighted by molar-refractivity contribution is -0.884. The van der Waals surface area contributed by atoms with Gasteiger partial charge in [-0.15, -0.1) is 0 Å². The fourth-order valence-corrected chi connectivity index (χ4v) is 1.13. The molecule has 0 aliphatic carbocycles. The Hall–Kier alpha value is -0.820. The number of hydrogen-bond donors (Lipinski definition) is 0. The normalized spacial score (nSPS) is 11.5. The summed E-state index contributed by atoms with van der Waals surface area (Å²) in [6, 6.07) is 10.6. The highest BCUT2D eigenvalue weighted by molar-refractivity contribution is 5.13. The lowest BCUT2D eigenvalue weighted by Crippen LogP contribution is -2.33. The van der Waals surface area contributed by atoms with Gasteiger partial charge < -0.3 is 4.48 Å². The summed E-state index contributed by atoms with van der Waals surface area (Å²) >= 11 is 0. The van der Waals surface area contributed by atoms with Crippen molar-refractivity contribution < 1.29 is 5.91 Å². The quantitative estimate of drug-likeness (QED) is 0.567. The first kappa shape index (κ1) is 8.28. The molecule has 0 saturated carbocycles. The largest absolute Gasteiger partial charge is 0.327 e. The van der Waals surface area contributed by atoms with Gasteiger partial charge in [-0.3, -0.25) is 0 Å². The summed E-state index contributed by atoms with van der Waals surface area (Å²) in [5.74, 6) is 0. The number of quaternary nitrogens is 1. The average Bonchev–Trinajstić information content (AvgIpc) is 1.85. The minimum absolute atomic E-state index is 0. The molecule has 1 aromatic rings. The summed E-state index contributed by atoms with van der Waals surface area (Å²) in [7, 11) is 6.60. The molecule has 1 aromatic carbocycles. The third-order valence-corrected chi connectivity index (χ3v) is 1.50. The molecule has 1 rings (SSSR count). The molecule has 0 N–H and O–H groups in total. The second-order valence-corrected chi connectivity index (χ2v) is 3.93. The number of hydrogen-bond acceptors (Lipinski definition) is 0. The molecular formula is C10H17N+. The molecule has 0 spiro atoms. The molecule has 0 amide bonds. The highest BCUT2D eigenvalue weighted by Crippen LogP contribution is 2.04. The summed E-state index contributed by atoms with van der Waals surface area (Å²) in [4.78, 5) is 0. The second-order valence-electron chi connectivity index (χ2n) is 3.93. The van der Waals surface area contributed by atoms with Gasteiger partial charge in [-0.25, -0.2) is 0 Å². The predicted molar refractivity (Wildman–Crippen MR) is 49.3 cm³/mol. The van der Waals surface area contributed by atoms with Crippen molar-refractivity contribution in [2.45, 2.75) is 6.54 Å². The van der Waals surface area contributed by atoms with Gasteiger partial charge in [-0.05, 0) is 0 Å². The first-order chi connectivity index (χ1) is 5.08. The van der Waals surface area contributed by atoms with Crippen LogP contribution in [0.2, 0.25) is 0 Å². The molecule has 1 radical (unpaired) electrons. The Morgan fingerprint density at radius 1 is 1.09 bits per heavy atom. The number of nitrogens with zero attached hydrogens (tertiary/aromatic N) is 1. The molecule has 0 saturated heterocycles. The highest BCUT2D eigenvalue weighted by atomic mass is 15.3.